The molecule has 190 valence electrons. The predicted octanol–water partition coefficient (Wildman–Crippen LogP) is 7.42. The number of carbonyl (C=O) groups excluding carboxylic acids is 3. The smallest absolute Gasteiger partial charge is 0.306 e. The minimum atomic E-state index is -4.20. The second-order valence-corrected chi connectivity index (χ2v) is 13.9. The van der Waals surface area contributed by atoms with Gasteiger partial charge in [0.25, 0.3) is 0 Å². The number of rotatable bonds is 10. The molecule has 0 saturated carbocycles. The van der Waals surface area contributed by atoms with Crippen LogP contribution < -0.4 is 0 Å². The highest BCUT2D eigenvalue weighted by Gasteiger charge is 2.43. The van der Waals surface area contributed by atoms with E-state index in [1.165, 1.54) is 0 Å². The Labute approximate surface area is 222 Å². The van der Waals surface area contributed by atoms with Gasteiger partial charge in [-0.3, -0.25) is 14.4 Å². The average Bonchev–Trinajstić information content (AvgIpc) is 2.69. The fourth-order valence-corrected chi connectivity index (χ4v) is 8.39. The Balaban J connectivity index is 2.57. The van der Waals surface area contributed by atoms with Crippen molar-refractivity contribution in [1.82, 2.24) is 0 Å². The van der Waals surface area contributed by atoms with Gasteiger partial charge in [0.2, 0.25) is 18.2 Å². The number of esters is 1. The molecule has 0 spiro atoms. The maximum Gasteiger partial charge on any atom is 0.306 e. The number of carbonyl (C=O) groups is 3. The van der Waals surface area contributed by atoms with Gasteiger partial charge in [-0.05, 0) is 84.1 Å². The fraction of sp³-hybridized carbons (Fsp3) is 0.464. The van der Waals surface area contributed by atoms with Gasteiger partial charge in [-0.2, -0.15) is 0 Å². The second-order valence-electron chi connectivity index (χ2n) is 10.0. The van der Waals surface area contributed by atoms with Crippen molar-refractivity contribution in [3.05, 3.63) is 68.8 Å². The van der Waals surface area contributed by atoms with E-state index in [4.69, 9.17) is 4.74 Å². The van der Waals surface area contributed by atoms with Gasteiger partial charge in [-0.25, -0.2) is 0 Å². The Morgan fingerprint density at radius 1 is 0.800 bits per heavy atom. The van der Waals surface area contributed by atoms with Crippen LogP contribution in [0.3, 0.4) is 0 Å². The SMILES string of the molecule is Cc1cc(C)c(C(=O)P(=O)(CCC(=O)OC(C)(C)CCI)C(=O)c2c(C)cc(C)cc2C)c(C)c1. The summed E-state index contributed by atoms with van der Waals surface area (Å²) >= 11 is 2.22. The zero-order valence-electron chi connectivity index (χ0n) is 22.0. The average molecular weight is 610 g/mol. The van der Waals surface area contributed by atoms with Gasteiger partial charge in [-0.1, -0.05) is 58.0 Å². The highest BCUT2D eigenvalue weighted by atomic mass is 127. The molecule has 2 aromatic carbocycles. The molecule has 0 aromatic heterocycles. The molecule has 5 nitrogen and oxygen atoms in total. The highest BCUT2D eigenvalue weighted by molar-refractivity contribution is 14.1. The maximum absolute atomic E-state index is 14.5. The van der Waals surface area contributed by atoms with Crippen molar-refractivity contribution in [2.45, 2.75) is 73.8 Å². The molecule has 0 aliphatic carbocycles. The third-order valence-electron chi connectivity index (χ3n) is 6.16. The molecule has 0 bridgehead atoms. The van der Waals surface area contributed by atoms with Crippen LogP contribution in [0.4, 0.5) is 0 Å². The van der Waals surface area contributed by atoms with Crippen molar-refractivity contribution in [3.8, 4) is 0 Å². The molecule has 0 aliphatic rings. The van der Waals surface area contributed by atoms with Crippen LogP contribution in [0, 0.1) is 41.5 Å². The zero-order chi connectivity index (χ0) is 26.7. The number of alkyl halides is 1. The Morgan fingerprint density at radius 3 is 1.51 bits per heavy atom. The molecule has 2 aromatic rings. The number of ether oxygens (including phenoxy) is 1. The predicted molar refractivity (Wildman–Crippen MR) is 151 cm³/mol. The van der Waals surface area contributed by atoms with Gasteiger partial charge >= 0.3 is 5.97 Å². The molecule has 35 heavy (non-hydrogen) atoms. The molecule has 0 N–H and O–H groups in total. The third kappa shape index (κ3) is 6.91. The van der Waals surface area contributed by atoms with E-state index in [0.717, 1.165) is 15.6 Å². The molecule has 0 atom stereocenters. The number of aryl methyl sites for hydroxylation is 6. The normalized spacial score (nSPS) is 11.9. The van der Waals surface area contributed by atoms with E-state index in [1.807, 2.05) is 52.0 Å². The molecule has 0 amide bonds. The first-order valence-corrected chi connectivity index (χ1v) is 15.2. The molecule has 0 heterocycles. The van der Waals surface area contributed by atoms with Gasteiger partial charge in [0, 0.05) is 21.7 Å². The van der Waals surface area contributed by atoms with Crippen LogP contribution in [0.5, 0.6) is 0 Å². The molecular weight excluding hydrogens is 574 g/mol. The molecule has 0 saturated heterocycles. The molecule has 2 rings (SSSR count). The summed E-state index contributed by atoms with van der Waals surface area (Å²) in [5.41, 5.74) is 3.19. The first-order chi connectivity index (χ1) is 16.1. The van der Waals surface area contributed by atoms with Crippen LogP contribution in [0.15, 0.2) is 24.3 Å². The van der Waals surface area contributed by atoms with Crippen molar-refractivity contribution in [1.29, 1.82) is 0 Å². The topological polar surface area (TPSA) is 77.5 Å². The van der Waals surface area contributed by atoms with Crippen molar-refractivity contribution in [3.63, 3.8) is 0 Å². The van der Waals surface area contributed by atoms with Gasteiger partial charge in [0.05, 0.1) is 6.42 Å². The second kappa shape index (κ2) is 11.5. The molecule has 0 radical (unpaired) electrons. The molecule has 0 unspecified atom stereocenters. The largest absolute Gasteiger partial charge is 0.460 e. The summed E-state index contributed by atoms with van der Waals surface area (Å²) in [4.78, 5) is 40.5. The summed E-state index contributed by atoms with van der Waals surface area (Å²) in [6.45, 7) is 14.6. The van der Waals surface area contributed by atoms with Crippen molar-refractivity contribution in [2.75, 3.05) is 10.6 Å². The van der Waals surface area contributed by atoms with E-state index in [1.54, 1.807) is 27.7 Å². The maximum atomic E-state index is 14.5. The van der Waals surface area contributed by atoms with Crippen molar-refractivity contribution in [2.24, 2.45) is 0 Å². The van der Waals surface area contributed by atoms with Gasteiger partial charge in [-0.15, -0.1) is 0 Å². The van der Waals surface area contributed by atoms with Crippen LogP contribution in [-0.4, -0.2) is 33.2 Å². The van der Waals surface area contributed by atoms with Gasteiger partial charge < -0.3 is 9.30 Å². The lowest BCUT2D eigenvalue weighted by Gasteiger charge is -2.25. The first kappa shape index (κ1) is 29.4. The van der Waals surface area contributed by atoms with Crippen molar-refractivity contribution < 1.29 is 23.7 Å². The number of halogens is 1. The van der Waals surface area contributed by atoms with Gasteiger partial charge in [0.15, 0.2) is 0 Å². The Hall–Kier alpha value is -1.79. The van der Waals surface area contributed by atoms with Crippen LogP contribution in [0.2, 0.25) is 0 Å². The van der Waals surface area contributed by atoms with Gasteiger partial charge in [0.1, 0.15) is 5.60 Å². The Kier molecular flexibility index (Phi) is 9.68. The minimum Gasteiger partial charge on any atom is -0.460 e. The summed E-state index contributed by atoms with van der Waals surface area (Å²) in [6.07, 6.45) is 0.0367. The van der Waals surface area contributed by atoms with E-state index in [-0.39, 0.29) is 12.6 Å². The lowest BCUT2D eigenvalue weighted by Crippen LogP contribution is -2.29. The van der Waals surface area contributed by atoms with Crippen LogP contribution in [0.25, 0.3) is 0 Å². The van der Waals surface area contributed by atoms with Crippen molar-refractivity contribution >= 4 is 46.8 Å². The molecule has 0 fully saturated rings. The van der Waals surface area contributed by atoms with E-state index in [0.29, 0.717) is 39.8 Å². The molecule has 7 heteroatoms. The standard InChI is InChI=1S/C28H36IO5P/c1-17-13-19(3)24(20(4)14-17)26(31)35(33,12-9-23(30)34-28(7,8)10-11-29)27(32)25-21(5)15-18(2)16-22(25)6/h13-16H,9-12H2,1-8H3. The van der Waals surface area contributed by atoms with E-state index < -0.39 is 29.8 Å². The quantitative estimate of drug-likeness (QED) is 0.121. The Bertz CT molecular complexity index is 1090. The zero-order valence-corrected chi connectivity index (χ0v) is 25.1. The first-order valence-electron chi connectivity index (χ1n) is 11.8. The number of benzene rings is 2. The lowest BCUT2D eigenvalue weighted by atomic mass is 10.0. The summed E-state index contributed by atoms with van der Waals surface area (Å²) in [6, 6.07) is 7.38. The monoisotopic (exact) mass is 610 g/mol. The van der Waals surface area contributed by atoms with E-state index >= 15 is 0 Å². The lowest BCUT2D eigenvalue weighted by molar-refractivity contribution is -0.156. The van der Waals surface area contributed by atoms with E-state index in [2.05, 4.69) is 22.6 Å². The number of hydrogen-bond acceptors (Lipinski definition) is 5. The molecule has 0 aliphatic heterocycles. The minimum absolute atomic E-state index is 0.270. The van der Waals surface area contributed by atoms with Crippen LogP contribution in [-0.2, 0) is 14.1 Å². The summed E-state index contributed by atoms with van der Waals surface area (Å²) in [5.74, 6) is -0.560. The number of hydrogen-bond donors (Lipinski definition) is 0. The summed E-state index contributed by atoms with van der Waals surface area (Å²) < 4.78 is 20.9. The fourth-order valence-electron chi connectivity index (χ4n) is 4.58. The Morgan fingerprint density at radius 2 is 1.17 bits per heavy atom. The summed E-state index contributed by atoms with van der Waals surface area (Å²) in [7, 11) is -4.20. The van der Waals surface area contributed by atoms with Crippen LogP contribution in [0.1, 0.15) is 80.8 Å². The highest BCUT2D eigenvalue weighted by Crippen LogP contribution is 2.54. The van der Waals surface area contributed by atoms with Crippen LogP contribution >= 0.6 is 29.7 Å². The third-order valence-corrected chi connectivity index (χ3v) is 9.31. The molecular formula is C28H36IO5P. The van der Waals surface area contributed by atoms with E-state index in [9.17, 15) is 18.9 Å². The summed E-state index contributed by atoms with van der Waals surface area (Å²) in [5, 5.41) is 0.